The van der Waals surface area contributed by atoms with Gasteiger partial charge in [-0.1, -0.05) is 17.7 Å². The summed E-state index contributed by atoms with van der Waals surface area (Å²) in [5, 5.41) is 0.101. The third-order valence-corrected chi connectivity index (χ3v) is 3.00. The predicted molar refractivity (Wildman–Crippen MR) is 54.9 cm³/mol. The molecule has 1 aromatic rings. The molecule has 0 aliphatic rings. The Balaban J connectivity index is 3.11. The summed E-state index contributed by atoms with van der Waals surface area (Å²) in [6.45, 7) is 0. The second-order valence-corrected chi connectivity index (χ2v) is 6.02. The van der Waals surface area contributed by atoms with Crippen LogP contribution in [0.25, 0.3) is 0 Å². The smallest absolute Gasteiger partial charge is 0.212 e. The lowest BCUT2D eigenvalue weighted by Crippen LogP contribution is -1.97. The summed E-state index contributed by atoms with van der Waals surface area (Å²) in [5.41, 5.74) is -0.209. The molecule has 15 heavy (non-hydrogen) atoms. The zero-order valence-corrected chi connectivity index (χ0v) is 9.58. The van der Waals surface area contributed by atoms with Crippen molar-refractivity contribution in [1.29, 1.82) is 0 Å². The van der Waals surface area contributed by atoms with Crippen molar-refractivity contribution in [2.45, 2.75) is 12.2 Å². The molecule has 0 saturated carbocycles. The van der Waals surface area contributed by atoms with E-state index in [1.54, 1.807) is 0 Å². The summed E-state index contributed by atoms with van der Waals surface area (Å²) in [6, 6.07) is 3.39. The molecule has 0 spiro atoms. The van der Waals surface area contributed by atoms with Crippen LogP contribution in [0.4, 0.5) is 8.78 Å². The van der Waals surface area contributed by atoms with Gasteiger partial charge in [0.25, 0.3) is 6.43 Å². The van der Waals surface area contributed by atoms with Gasteiger partial charge in [-0.15, -0.1) is 0 Å². The van der Waals surface area contributed by atoms with Gasteiger partial charge in [-0.3, -0.25) is 0 Å². The summed E-state index contributed by atoms with van der Waals surface area (Å²) < 4.78 is 46.1. The SMILES string of the molecule is O=S(=O)(Cl)Cc1cc(C(F)F)ccc1Cl. The third kappa shape index (κ3) is 3.93. The number of hydrogen-bond donors (Lipinski definition) is 0. The lowest BCUT2D eigenvalue weighted by molar-refractivity contribution is 0.151. The van der Waals surface area contributed by atoms with Gasteiger partial charge in [-0.05, 0) is 17.7 Å². The molecule has 0 atom stereocenters. The largest absolute Gasteiger partial charge is 0.263 e. The Morgan fingerprint density at radius 3 is 2.40 bits per heavy atom. The van der Waals surface area contributed by atoms with E-state index in [0.29, 0.717) is 0 Å². The molecule has 0 radical (unpaired) electrons. The molecule has 0 aliphatic heterocycles. The average molecular weight is 275 g/mol. The number of alkyl halides is 2. The van der Waals surface area contributed by atoms with Gasteiger partial charge in [-0.2, -0.15) is 0 Å². The van der Waals surface area contributed by atoms with E-state index in [9.17, 15) is 17.2 Å². The molecule has 1 aromatic carbocycles. The van der Waals surface area contributed by atoms with Gasteiger partial charge >= 0.3 is 0 Å². The van der Waals surface area contributed by atoms with Gasteiger partial charge in [-0.25, -0.2) is 17.2 Å². The van der Waals surface area contributed by atoms with Crippen LogP contribution in [-0.2, 0) is 14.8 Å². The van der Waals surface area contributed by atoms with Crippen molar-refractivity contribution in [3.63, 3.8) is 0 Å². The molecular weight excluding hydrogens is 269 g/mol. The Kier molecular flexibility index (Phi) is 3.92. The lowest BCUT2D eigenvalue weighted by Gasteiger charge is -2.05. The highest BCUT2D eigenvalue weighted by Gasteiger charge is 2.14. The number of halogens is 4. The molecule has 1 rings (SSSR count). The zero-order valence-electron chi connectivity index (χ0n) is 7.25. The minimum Gasteiger partial charge on any atom is -0.212 e. The summed E-state index contributed by atoms with van der Waals surface area (Å²) in [5.74, 6) is -0.562. The number of rotatable bonds is 3. The maximum atomic E-state index is 12.3. The highest BCUT2D eigenvalue weighted by molar-refractivity contribution is 8.13. The van der Waals surface area contributed by atoms with Crippen molar-refractivity contribution >= 4 is 31.3 Å². The van der Waals surface area contributed by atoms with Crippen LogP contribution in [0.5, 0.6) is 0 Å². The molecule has 0 fully saturated rings. The minimum absolute atomic E-state index is 0.0736. The fourth-order valence-corrected chi connectivity index (χ4v) is 2.25. The number of benzene rings is 1. The normalized spacial score (nSPS) is 12.1. The van der Waals surface area contributed by atoms with E-state index < -0.39 is 21.2 Å². The van der Waals surface area contributed by atoms with E-state index in [1.807, 2.05) is 0 Å². The molecule has 0 unspecified atom stereocenters. The van der Waals surface area contributed by atoms with Gasteiger partial charge < -0.3 is 0 Å². The fraction of sp³-hybridized carbons (Fsp3) is 0.250. The van der Waals surface area contributed by atoms with Crippen molar-refractivity contribution in [1.82, 2.24) is 0 Å². The van der Waals surface area contributed by atoms with Gasteiger partial charge in [0.15, 0.2) is 0 Å². The van der Waals surface area contributed by atoms with Crippen molar-refractivity contribution in [3.8, 4) is 0 Å². The topological polar surface area (TPSA) is 34.1 Å². The molecule has 7 heteroatoms. The van der Waals surface area contributed by atoms with Crippen LogP contribution in [0.3, 0.4) is 0 Å². The molecule has 0 amide bonds. The van der Waals surface area contributed by atoms with E-state index in [2.05, 4.69) is 0 Å². The molecule has 0 aliphatic carbocycles. The predicted octanol–water partition coefficient (Wildman–Crippen LogP) is 3.35. The molecule has 84 valence electrons. The second-order valence-electron chi connectivity index (χ2n) is 2.83. The average Bonchev–Trinajstić information content (AvgIpc) is 2.06. The van der Waals surface area contributed by atoms with Gasteiger partial charge in [0, 0.05) is 21.3 Å². The molecule has 0 aromatic heterocycles. The Labute approximate surface area is 95.2 Å². The Morgan fingerprint density at radius 2 is 1.93 bits per heavy atom. The first-order chi connectivity index (χ1) is 6.79. The van der Waals surface area contributed by atoms with Gasteiger partial charge in [0.1, 0.15) is 0 Å². The first kappa shape index (κ1) is 12.7. The standard InChI is InChI=1S/C8H6Cl2F2O2S/c9-7-2-1-5(8(11)12)3-6(7)4-15(10,13)14/h1-3,8H,4H2. The molecule has 0 bridgehead atoms. The minimum atomic E-state index is -3.80. The van der Waals surface area contributed by atoms with Crippen LogP contribution in [0.2, 0.25) is 5.02 Å². The van der Waals surface area contributed by atoms with E-state index in [1.165, 1.54) is 6.07 Å². The zero-order chi connectivity index (χ0) is 11.6. The molecule has 0 N–H and O–H groups in total. The van der Waals surface area contributed by atoms with Gasteiger partial charge in [0.2, 0.25) is 9.05 Å². The van der Waals surface area contributed by atoms with Crippen molar-refractivity contribution < 1.29 is 17.2 Å². The monoisotopic (exact) mass is 274 g/mol. The van der Waals surface area contributed by atoms with Crippen LogP contribution < -0.4 is 0 Å². The third-order valence-electron chi connectivity index (χ3n) is 1.65. The van der Waals surface area contributed by atoms with Crippen molar-refractivity contribution in [2.24, 2.45) is 0 Å². The molecule has 2 nitrogen and oxygen atoms in total. The van der Waals surface area contributed by atoms with Crippen molar-refractivity contribution in [3.05, 3.63) is 34.3 Å². The summed E-state index contributed by atoms with van der Waals surface area (Å²) >= 11 is 5.64. The van der Waals surface area contributed by atoms with E-state index in [0.717, 1.165) is 12.1 Å². The lowest BCUT2D eigenvalue weighted by atomic mass is 10.1. The fourth-order valence-electron chi connectivity index (χ4n) is 1.03. The molecule has 0 saturated heterocycles. The van der Waals surface area contributed by atoms with Crippen molar-refractivity contribution in [2.75, 3.05) is 0 Å². The van der Waals surface area contributed by atoms with Crippen LogP contribution >= 0.6 is 22.3 Å². The summed E-state index contributed by atoms with van der Waals surface area (Å²) in [6.07, 6.45) is -2.67. The quantitative estimate of drug-likeness (QED) is 0.793. The summed E-state index contributed by atoms with van der Waals surface area (Å²) in [4.78, 5) is 0. The molecule has 0 heterocycles. The van der Waals surface area contributed by atoms with E-state index in [-0.39, 0.29) is 16.1 Å². The Hall–Kier alpha value is -0.390. The first-order valence-corrected chi connectivity index (χ1v) is 6.64. The first-order valence-electron chi connectivity index (χ1n) is 3.78. The Morgan fingerprint density at radius 1 is 1.33 bits per heavy atom. The van der Waals surface area contributed by atoms with Crippen LogP contribution in [0.15, 0.2) is 18.2 Å². The molecular formula is C8H6Cl2F2O2S. The second kappa shape index (κ2) is 4.63. The maximum Gasteiger partial charge on any atom is 0.263 e. The van der Waals surface area contributed by atoms with Crippen LogP contribution in [0.1, 0.15) is 17.6 Å². The Bertz CT molecular complexity index is 460. The summed E-state index contributed by atoms with van der Waals surface area (Å²) in [7, 11) is 1.20. The van der Waals surface area contributed by atoms with Gasteiger partial charge in [0.05, 0.1) is 5.75 Å². The highest BCUT2D eigenvalue weighted by Crippen LogP contribution is 2.26. The highest BCUT2D eigenvalue weighted by atomic mass is 35.7. The van der Waals surface area contributed by atoms with Crippen LogP contribution in [-0.4, -0.2) is 8.42 Å². The maximum absolute atomic E-state index is 12.3. The van der Waals surface area contributed by atoms with E-state index in [4.69, 9.17) is 22.3 Å². The van der Waals surface area contributed by atoms with Crippen LogP contribution in [0, 0.1) is 0 Å². The number of hydrogen-bond acceptors (Lipinski definition) is 2. The van der Waals surface area contributed by atoms with E-state index >= 15 is 0 Å².